The number of nitrogens with two attached hydrogens (primary N) is 1. The number of rotatable bonds is 3. The van der Waals surface area contributed by atoms with E-state index < -0.39 is 0 Å². The van der Waals surface area contributed by atoms with Crippen LogP contribution in [0.15, 0.2) is 12.1 Å². The Kier molecular flexibility index (Phi) is 3.94. The van der Waals surface area contributed by atoms with Crippen LogP contribution in [-0.2, 0) is 6.42 Å². The third-order valence-electron chi connectivity index (χ3n) is 3.52. The second kappa shape index (κ2) is 5.45. The molecule has 0 aliphatic carbocycles. The predicted molar refractivity (Wildman–Crippen MR) is 69.6 cm³/mol. The minimum absolute atomic E-state index is 0.501. The third kappa shape index (κ3) is 3.40. The van der Waals surface area contributed by atoms with Crippen LogP contribution < -0.4 is 5.73 Å². The molecule has 4 nitrogen and oxygen atoms in total. The van der Waals surface area contributed by atoms with Gasteiger partial charge in [0.1, 0.15) is 5.82 Å². The van der Waals surface area contributed by atoms with Gasteiger partial charge in [-0.3, -0.25) is 0 Å². The molecule has 1 atom stereocenters. The molecule has 4 heteroatoms. The summed E-state index contributed by atoms with van der Waals surface area (Å²) in [6.45, 7) is 6.96. The van der Waals surface area contributed by atoms with Crippen molar-refractivity contribution >= 4 is 5.82 Å². The van der Waals surface area contributed by atoms with Gasteiger partial charge in [0.05, 0.1) is 5.69 Å². The van der Waals surface area contributed by atoms with Gasteiger partial charge >= 0.3 is 0 Å². The van der Waals surface area contributed by atoms with Gasteiger partial charge in [0, 0.05) is 12.6 Å². The maximum atomic E-state index is 5.54. The molecule has 0 aromatic carbocycles. The van der Waals surface area contributed by atoms with Crippen LogP contribution in [0.25, 0.3) is 0 Å². The number of aromatic nitrogens is 2. The zero-order valence-corrected chi connectivity index (χ0v) is 10.8. The highest BCUT2D eigenvalue weighted by atomic mass is 15.2. The molecule has 1 unspecified atom stereocenters. The first-order valence-electron chi connectivity index (χ1n) is 6.47. The Morgan fingerprint density at radius 1 is 1.41 bits per heavy atom. The lowest BCUT2D eigenvalue weighted by Crippen LogP contribution is -2.40. The molecule has 1 aromatic heterocycles. The molecule has 0 saturated carbocycles. The minimum Gasteiger partial charge on any atom is -0.382 e. The molecule has 94 valence electrons. The standard InChI is InChI=1S/C13H22N4/c1-10(2)17-7-3-4-11(9-17)8-12-5-6-13(14)16-15-12/h5-6,10-11H,3-4,7-9H2,1-2H3,(H2,14,16). The van der Waals surface area contributed by atoms with Crippen molar-refractivity contribution in [2.24, 2.45) is 5.92 Å². The number of nitrogens with zero attached hydrogens (tertiary/aromatic N) is 3. The largest absolute Gasteiger partial charge is 0.382 e. The van der Waals surface area contributed by atoms with Gasteiger partial charge in [-0.1, -0.05) is 0 Å². The molecule has 0 radical (unpaired) electrons. The monoisotopic (exact) mass is 234 g/mol. The molecule has 1 saturated heterocycles. The van der Waals surface area contributed by atoms with Gasteiger partial charge in [0.15, 0.2) is 0 Å². The summed E-state index contributed by atoms with van der Waals surface area (Å²) in [5, 5.41) is 8.06. The van der Waals surface area contributed by atoms with E-state index in [2.05, 4.69) is 28.9 Å². The first kappa shape index (κ1) is 12.3. The second-order valence-electron chi connectivity index (χ2n) is 5.25. The van der Waals surface area contributed by atoms with Crippen molar-refractivity contribution in [1.29, 1.82) is 0 Å². The number of likely N-dealkylation sites (tertiary alicyclic amines) is 1. The van der Waals surface area contributed by atoms with Crippen LogP contribution in [0.1, 0.15) is 32.4 Å². The van der Waals surface area contributed by atoms with Crippen molar-refractivity contribution in [2.75, 3.05) is 18.8 Å². The smallest absolute Gasteiger partial charge is 0.146 e. The second-order valence-corrected chi connectivity index (χ2v) is 5.25. The van der Waals surface area contributed by atoms with Crippen molar-refractivity contribution in [3.8, 4) is 0 Å². The van der Waals surface area contributed by atoms with Crippen LogP contribution in [0, 0.1) is 5.92 Å². The Bertz CT molecular complexity index is 347. The molecule has 0 spiro atoms. The summed E-state index contributed by atoms with van der Waals surface area (Å²) in [6.07, 6.45) is 3.62. The quantitative estimate of drug-likeness (QED) is 0.865. The van der Waals surface area contributed by atoms with Crippen molar-refractivity contribution in [1.82, 2.24) is 15.1 Å². The Balaban J connectivity index is 1.92. The van der Waals surface area contributed by atoms with E-state index in [0.717, 1.165) is 12.1 Å². The van der Waals surface area contributed by atoms with E-state index in [1.807, 2.05) is 12.1 Å². The van der Waals surface area contributed by atoms with E-state index in [1.165, 1.54) is 25.9 Å². The van der Waals surface area contributed by atoms with Gasteiger partial charge in [-0.05, 0) is 57.7 Å². The molecule has 0 amide bonds. The van der Waals surface area contributed by atoms with E-state index in [-0.39, 0.29) is 0 Å². The Morgan fingerprint density at radius 2 is 2.24 bits per heavy atom. The fraction of sp³-hybridized carbons (Fsp3) is 0.692. The predicted octanol–water partition coefficient (Wildman–Crippen LogP) is 1.72. The summed E-state index contributed by atoms with van der Waals surface area (Å²) in [7, 11) is 0. The summed E-state index contributed by atoms with van der Waals surface area (Å²) in [4.78, 5) is 2.55. The number of nitrogen functional groups attached to an aromatic ring is 1. The minimum atomic E-state index is 0.501. The van der Waals surface area contributed by atoms with Crippen LogP contribution in [0.4, 0.5) is 5.82 Å². The van der Waals surface area contributed by atoms with Gasteiger partial charge < -0.3 is 10.6 Å². The van der Waals surface area contributed by atoms with Gasteiger partial charge in [-0.15, -0.1) is 5.10 Å². The lowest BCUT2D eigenvalue weighted by Gasteiger charge is -2.35. The van der Waals surface area contributed by atoms with E-state index >= 15 is 0 Å². The molecule has 2 rings (SSSR count). The molecule has 1 aliphatic heterocycles. The van der Waals surface area contributed by atoms with E-state index in [0.29, 0.717) is 17.8 Å². The Labute approximate surface area is 103 Å². The Hall–Kier alpha value is -1.16. The topological polar surface area (TPSA) is 55.0 Å². The molecule has 1 fully saturated rings. The van der Waals surface area contributed by atoms with Gasteiger partial charge in [-0.2, -0.15) is 5.10 Å². The summed E-state index contributed by atoms with van der Waals surface area (Å²) in [5.41, 5.74) is 6.60. The van der Waals surface area contributed by atoms with Gasteiger partial charge in [-0.25, -0.2) is 0 Å². The lowest BCUT2D eigenvalue weighted by molar-refractivity contribution is 0.139. The number of hydrogen-bond acceptors (Lipinski definition) is 4. The summed E-state index contributed by atoms with van der Waals surface area (Å²) in [5.74, 6) is 1.21. The molecular weight excluding hydrogens is 212 g/mol. The van der Waals surface area contributed by atoms with Crippen LogP contribution in [0.5, 0.6) is 0 Å². The molecular formula is C13H22N4. The maximum Gasteiger partial charge on any atom is 0.146 e. The summed E-state index contributed by atoms with van der Waals surface area (Å²) >= 11 is 0. The number of anilines is 1. The van der Waals surface area contributed by atoms with Crippen LogP contribution in [-0.4, -0.2) is 34.2 Å². The average Bonchev–Trinajstić information content (AvgIpc) is 2.32. The first-order valence-corrected chi connectivity index (χ1v) is 6.47. The zero-order valence-electron chi connectivity index (χ0n) is 10.8. The third-order valence-corrected chi connectivity index (χ3v) is 3.52. The fourth-order valence-electron chi connectivity index (χ4n) is 2.51. The fourth-order valence-corrected chi connectivity index (χ4v) is 2.51. The summed E-state index contributed by atoms with van der Waals surface area (Å²) < 4.78 is 0. The SMILES string of the molecule is CC(C)N1CCCC(Cc2ccc(N)nn2)C1. The average molecular weight is 234 g/mol. The molecule has 1 aromatic rings. The number of hydrogen-bond donors (Lipinski definition) is 1. The first-order chi connectivity index (χ1) is 8.15. The van der Waals surface area contributed by atoms with E-state index in [9.17, 15) is 0 Å². The molecule has 0 bridgehead atoms. The molecule has 2 heterocycles. The highest BCUT2D eigenvalue weighted by Crippen LogP contribution is 2.21. The number of piperidine rings is 1. The molecule has 17 heavy (non-hydrogen) atoms. The van der Waals surface area contributed by atoms with Crippen molar-refractivity contribution in [3.05, 3.63) is 17.8 Å². The van der Waals surface area contributed by atoms with E-state index in [1.54, 1.807) is 0 Å². The summed E-state index contributed by atoms with van der Waals surface area (Å²) in [6, 6.07) is 4.48. The molecule has 1 aliphatic rings. The highest BCUT2D eigenvalue weighted by Gasteiger charge is 2.22. The van der Waals surface area contributed by atoms with Crippen LogP contribution in [0.3, 0.4) is 0 Å². The lowest BCUT2D eigenvalue weighted by atomic mass is 9.92. The molecule has 2 N–H and O–H groups in total. The van der Waals surface area contributed by atoms with Crippen molar-refractivity contribution in [3.63, 3.8) is 0 Å². The Morgan fingerprint density at radius 3 is 2.88 bits per heavy atom. The van der Waals surface area contributed by atoms with Crippen LogP contribution in [0.2, 0.25) is 0 Å². The van der Waals surface area contributed by atoms with E-state index in [4.69, 9.17) is 5.73 Å². The van der Waals surface area contributed by atoms with Gasteiger partial charge in [0.25, 0.3) is 0 Å². The highest BCUT2D eigenvalue weighted by molar-refractivity contribution is 5.25. The maximum absolute atomic E-state index is 5.54. The van der Waals surface area contributed by atoms with Gasteiger partial charge in [0.2, 0.25) is 0 Å². The van der Waals surface area contributed by atoms with Crippen molar-refractivity contribution < 1.29 is 0 Å². The zero-order chi connectivity index (χ0) is 12.3. The normalized spacial score (nSPS) is 21.9. The van der Waals surface area contributed by atoms with Crippen LogP contribution >= 0.6 is 0 Å². The van der Waals surface area contributed by atoms with Crippen molar-refractivity contribution in [2.45, 2.75) is 39.2 Å².